The fourth-order valence-corrected chi connectivity index (χ4v) is 4.10. The highest BCUT2D eigenvalue weighted by Crippen LogP contribution is 2.50. The minimum Gasteiger partial charge on any atom is -0.439 e. The van der Waals surface area contributed by atoms with Gasteiger partial charge in [-0.2, -0.15) is 0 Å². The van der Waals surface area contributed by atoms with E-state index >= 15 is 0 Å². The SMILES string of the molecule is CN1C[C@]2(CCCN(C(=O)C3(c4ccc(F)cc4)CC3)C2)OC1=O. The number of amides is 2. The average molecular weight is 332 g/mol. The van der Waals surface area contributed by atoms with Crippen LogP contribution in [0, 0.1) is 5.82 Å². The molecule has 3 fully saturated rings. The Kier molecular flexibility index (Phi) is 3.34. The van der Waals surface area contributed by atoms with E-state index in [1.165, 1.54) is 12.1 Å². The molecule has 6 heteroatoms. The number of likely N-dealkylation sites (N-methyl/N-ethyl adjacent to an activating group) is 1. The zero-order valence-electron chi connectivity index (χ0n) is 13.8. The Hall–Kier alpha value is -2.11. The number of benzene rings is 1. The molecule has 2 heterocycles. The molecule has 0 radical (unpaired) electrons. The van der Waals surface area contributed by atoms with Crippen LogP contribution < -0.4 is 0 Å². The molecule has 4 rings (SSSR count). The van der Waals surface area contributed by atoms with Crippen molar-refractivity contribution in [3.63, 3.8) is 0 Å². The van der Waals surface area contributed by atoms with Gasteiger partial charge in [0.2, 0.25) is 5.91 Å². The summed E-state index contributed by atoms with van der Waals surface area (Å²) < 4.78 is 18.8. The first kappa shape index (κ1) is 15.4. The van der Waals surface area contributed by atoms with E-state index < -0.39 is 11.0 Å². The van der Waals surface area contributed by atoms with Crippen molar-refractivity contribution in [1.82, 2.24) is 9.80 Å². The molecule has 0 N–H and O–H groups in total. The third kappa shape index (κ3) is 2.36. The Morgan fingerprint density at radius 3 is 2.46 bits per heavy atom. The number of carbonyl (C=O) groups is 2. The van der Waals surface area contributed by atoms with E-state index in [1.807, 2.05) is 4.90 Å². The van der Waals surface area contributed by atoms with E-state index in [0.29, 0.717) is 19.6 Å². The van der Waals surface area contributed by atoms with Crippen LogP contribution in [-0.4, -0.2) is 54.1 Å². The summed E-state index contributed by atoms with van der Waals surface area (Å²) in [5.41, 5.74) is -0.201. The molecule has 5 nitrogen and oxygen atoms in total. The maximum atomic E-state index is 13.2. The second-order valence-electron chi connectivity index (χ2n) is 7.33. The molecule has 2 amide bonds. The van der Waals surface area contributed by atoms with Gasteiger partial charge in [-0.05, 0) is 43.4 Å². The molecular weight excluding hydrogens is 311 g/mol. The lowest BCUT2D eigenvalue weighted by atomic mass is 9.89. The van der Waals surface area contributed by atoms with Crippen LogP contribution in [0.4, 0.5) is 9.18 Å². The number of nitrogens with zero attached hydrogens (tertiary/aromatic N) is 2. The Morgan fingerprint density at radius 2 is 1.88 bits per heavy atom. The van der Waals surface area contributed by atoms with Gasteiger partial charge < -0.3 is 14.5 Å². The van der Waals surface area contributed by atoms with E-state index in [4.69, 9.17) is 4.74 Å². The normalized spacial score (nSPS) is 28.2. The summed E-state index contributed by atoms with van der Waals surface area (Å²) in [7, 11) is 1.72. The molecular formula is C18H21FN2O3. The summed E-state index contributed by atoms with van der Waals surface area (Å²) in [6.45, 7) is 1.66. The van der Waals surface area contributed by atoms with Crippen LogP contribution >= 0.6 is 0 Å². The molecule has 1 spiro atoms. The maximum absolute atomic E-state index is 13.2. The van der Waals surface area contributed by atoms with Crippen molar-refractivity contribution >= 4 is 12.0 Å². The predicted octanol–water partition coefficient (Wildman–Crippen LogP) is 2.30. The quantitative estimate of drug-likeness (QED) is 0.835. The lowest BCUT2D eigenvalue weighted by Crippen LogP contribution is -2.54. The number of halogens is 1. The minimum absolute atomic E-state index is 0.0822. The zero-order valence-corrected chi connectivity index (χ0v) is 13.8. The zero-order chi connectivity index (χ0) is 16.9. The van der Waals surface area contributed by atoms with Gasteiger partial charge in [0, 0.05) is 13.6 Å². The Balaban J connectivity index is 1.54. The molecule has 1 aromatic rings. The number of rotatable bonds is 2. The molecule has 1 aliphatic carbocycles. The topological polar surface area (TPSA) is 49.9 Å². The van der Waals surface area contributed by atoms with Gasteiger partial charge >= 0.3 is 6.09 Å². The van der Waals surface area contributed by atoms with Crippen molar-refractivity contribution in [3.05, 3.63) is 35.6 Å². The maximum Gasteiger partial charge on any atom is 0.410 e. The molecule has 0 aromatic heterocycles. The first-order chi connectivity index (χ1) is 11.4. The van der Waals surface area contributed by atoms with Gasteiger partial charge in [-0.15, -0.1) is 0 Å². The summed E-state index contributed by atoms with van der Waals surface area (Å²) in [6, 6.07) is 6.24. The van der Waals surface area contributed by atoms with Crippen LogP contribution in [0.25, 0.3) is 0 Å². The second-order valence-corrected chi connectivity index (χ2v) is 7.33. The van der Waals surface area contributed by atoms with E-state index in [0.717, 1.165) is 31.2 Å². The van der Waals surface area contributed by atoms with Gasteiger partial charge in [0.05, 0.1) is 18.5 Å². The standard InChI is InChI=1S/C18H21FN2O3/c1-20-11-17(24-16(20)23)7-2-10-21(12-17)15(22)18(8-9-18)13-3-5-14(19)6-4-13/h3-6H,2,7-12H2,1H3/t17-/m0/s1. The summed E-state index contributed by atoms with van der Waals surface area (Å²) in [5.74, 6) is -0.210. The molecule has 0 bridgehead atoms. The molecule has 1 saturated carbocycles. The average Bonchev–Trinajstić information content (AvgIpc) is 3.31. The van der Waals surface area contributed by atoms with Crippen LogP contribution in [0.15, 0.2) is 24.3 Å². The van der Waals surface area contributed by atoms with E-state index in [-0.39, 0.29) is 17.8 Å². The largest absolute Gasteiger partial charge is 0.439 e. The number of likely N-dealkylation sites (tertiary alicyclic amines) is 1. The molecule has 2 saturated heterocycles. The van der Waals surface area contributed by atoms with Crippen molar-refractivity contribution in [1.29, 1.82) is 0 Å². The van der Waals surface area contributed by atoms with E-state index in [2.05, 4.69) is 0 Å². The predicted molar refractivity (Wildman–Crippen MR) is 85.0 cm³/mol. The van der Waals surface area contributed by atoms with Crippen molar-refractivity contribution in [2.45, 2.75) is 36.7 Å². The van der Waals surface area contributed by atoms with Crippen molar-refractivity contribution < 1.29 is 18.7 Å². The van der Waals surface area contributed by atoms with Gasteiger partial charge in [-0.3, -0.25) is 4.79 Å². The molecule has 0 unspecified atom stereocenters. The van der Waals surface area contributed by atoms with Gasteiger partial charge in [0.1, 0.15) is 11.4 Å². The molecule has 3 aliphatic rings. The molecule has 2 aliphatic heterocycles. The van der Waals surface area contributed by atoms with Crippen molar-refractivity contribution in [2.75, 3.05) is 26.7 Å². The van der Waals surface area contributed by atoms with E-state index in [1.54, 1.807) is 24.1 Å². The first-order valence-electron chi connectivity index (χ1n) is 8.44. The molecule has 24 heavy (non-hydrogen) atoms. The van der Waals surface area contributed by atoms with Crippen LogP contribution in [0.2, 0.25) is 0 Å². The number of ether oxygens (including phenoxy) is 1. The van der Waals surface area contributed by atoms with Gasteiger partial charge in [-0.1, -0.05) is 12.1 Å². The lowest BCUT2D eigenvalue weighted by Gasteiger charge is -2.40. The van der Waals surface area contributed by atoms with Crippen LogP contribution in [0.1, 0.15) is 31.2 Å². The molecule has 1 aromatic carbocycles. The van der Waals surface area contributed by atoms with E-state index in [9.17, 15) is 14.0 Å². The number of hydrogen-bond donors (Lipinski definition) is 0. The Morgan fingerprint density at radius 1 is 1.17 bits per heavy atom. The Labute approximate surface area is 140 Å². The highest BCUT2D eigenvalue weighted by atomic mass is 19.1. The minimum atomic E-state index is -0.571. The summed E-state index contributed by atoms with van der Waals surface area (Å²) in [6.07, 6.45) is 2.88. The van der Waals surface area contributed by atoms with Gasteiger partial charge in [0.25, 0.3) is 0 Å². The lowest BCUT2D eigenvalue weighted by molar-refractivity contribution is -0.139. The number of piperidine rings is 1. The fraction of sp³-hybridized carbons (Fsp3) is 0.556. The van der Waals surface area contributed by atoms with Crippen LogP contribution in [0.3, 0.4) is 0 Å². The third-order valence-electron chi connectivity index (χ3n) is 5.52. The third-order valence-corrected chi connectivity index (χ3v) is 5.52. The number of hydrogen-bond acceptors (Lipinski definition) is 3. The van der Waals surface area contributed by atoms with Crippen molar-refractivity contribution in [2.24, 2.45) is 0 Å². The van der Waals surface area contributed by atoms with Crippen LogP contribution in [0.5, 0.6) is 0 Å². The molecule has 128 valence electrons. The monoisotopic (exact) mass is 332 g/mol. The van der Waals surface area contributed by atoms with Gasteiger partial charge in [0.15, 0.2) is 0 Å². The summed E-state index contributed by atoms with van der Waals surface area (Å²) >= 11 is 0. The fourth-order valence-electron chi connectivity index (χ4n) is 4.10. The summed E-state index contributed by atoms with van der Waals surface area (Å²) in [4.78, 5) is 28.3. The second kappa shape index (κ2) is 5.19. The highest BCUT2D eigenvalue weighted by Gasteiger charge is 2.55. The highest BCUT2D eigenvalue weighted by molar-refractivity contribution is 5.91. The van der Waals surface area contributed by atoms with Gasteiger partial charge in [-0.25, -0.2) is 9.18 Å². The van der Waals surface area contributed by atoms with Crippen LogP contribution in [-0.2, 0) is 14.9 Å². The number of carbonyl (C=O) groups excluding carboxylic acids is 2. The smallest absolute Gasteiger partial charge is 0.410 e. The first-order valence-corrected chi connectivity index (χ1v) is 8.44. The van der Waals surface area contributed by atoms with Crippen molar-refractivity contribution in [3.8, 4) is 0 Å². The summed E-state index contributed by atoms with van der Waals surface area (Å²) in [5, 5.41) is 0. The Bertz CT molecular complexity index is 686. The molecule has 1 atom stereocenters.